The summed E-state index contributed by atoms with van der Waals surface area (Å²) in [7, 11) is 0. The van der Waals surface area contributed by atoms with E-state index >= 15 is 0 Å². The van der Waals surface area contributed by atoms with E-state index in [1.165, 1.54) is 29.5 Å². The van der Waals surface area contributed by atoms with Crippen LogP contribution in [0.2, 0.25) is 0 Å². The van der Waals surface area contributed by atoms with Crippen LogP contribution in [0, 0.1) is 5.82 Å². The lowest BCUT2D eigenvalue weighted by Gasteiger charge is -2.32. The predicted molar refractivity (Wildman–Crippen MR) is 137 cm³/mol. The fraction of sp³-hybridized carbons (Fsp3) is 0.296. The fourth-order valence-corrected chi connectivity index (χ4v) is 5.10. The normalized spacial score (nSPS) is 14.9. The number of amides is 2. The third-order valence-corrected chi connectivity index (χ3v) is 6.77. The minimum absolute atomic E-state index is 0.000689. The van der Waals surface area contributed by atoms with Crippen LogP contribution < -0.4 is 5.32 Å². The van der Waals surface area contributed by atoms with Gasteiger partial charge < -0.3 is 20.1 Å². The molecule has 190 valence electrons. The number of carboxylic acids is 1. The first-order chi connectivity index (χ1) is 17.4. The van der Waals surface area contributed by atoms with Crippen molar-refractivity contribution in [1.82, 2.24) is 4.90 Å². The summed E-state index contributed by atoms with van der Waals surface area (Å²) in [6.07, 6.45) is 0.967. The second-order valence-electron chi connectivity index (χ2n) is 7.98. The van der Waals surface area contributed by atoms with Crippen LogP contribution in [0.5, 0.6) is 0 Å². The molecule has 1 fully saturated rings. The van der Waals surface area contributed by atoms with Crippen LogP contribution >= 0.6 is 11.3 Å². The number of ether oxygens (including phenoxy) is 1. The topological polar surface area (TPSA) is 95.9 Å². The molecule has 1 unspecified atom stereocenters. The number of nitrogens with zero attached hydrogens (tertiary/aromatic N) is 1. The first-order valence-corrected chi connectivity index (χ1v) is 12.7. The van der Waals surface area contributed by atoms with Crippen LogP contribution in [0.3, 0.4) is 0 Å². The Hall–Kier alpha value is -3.72. The molecule has 0 radical (unpaired) electrons. The van der Waals surface area contributed by atoms with Gasteiger partial charge in [0.1, 0.15) is 12.4 Å². The molecule has 1 saturated heterocycles. The molecule has 1 aliphatic rings. The Morgan fingerprint density at radius 3 is 2.58 bits per heavy atom. The van der Waals surface area contributed by atoms with E-state index < -0.39 is 23.8 Å². The molecule has 0 bridgehead atoms. The SMILES string of the molecule is CC.O=C(Nc1csc(C2CCCN(C(=O)OCc3ccccc3)C2)c1C(=O)O)c1cccc(F)c1. The zero-order valence-corrected chi connectivity index (χ0v) is 21.0. The lowest BCUT2D eigenvalue weighted by atomic mass is 9.94. The predicted octanol–water partition coefficient (Wildman–Crippen LogP) is 6.38. The van der Waals surface area contributed by atoms with Gasteiger partial charge in [-0.3, -0.25) is 4.79 Å². The van der Waals surface area contributed by atoms with E-state index in [0.717, 1.165) is 11.6 Å². The molecule has 2 amide bonds. The minimum atomic E-state index is -1.17. The van der Waals surface area contributed by atoms with Crippen molar-refractivity contribution in [1.29, 1.82) is 0 Å². The van der Waals surface area contributed by atoms with Crippen molar-refractivity contribution < 1.29 is 28.6 Å². The smallest absolute Gasteiger partial charge is 0.410 e. The number of hydrogen-bond donors (Lipinski definition) is 2. The number of carbonyl (C=O) groups excluding carboxylic acids is 2. The van der Waals surface area contributed by atoms with Gasteiger partial charge in [0.05, 0.1) is 11.3 Å². The quantitative estimate of drug-likeness (QED) is 0.400. The average molecular weight is 513 g/mol. The molecule has 7 nitrogen and oxygen atoms in total. The molecule has 0 spiro atoms. The Balaban J connectivity index is 0.00000176. The summed E-state index contributed by atoms with van der Waals surface area (Å²) in [5.41, 5.74) is 1.13. The van der Waals surface area contributed by atoms with Gasteiger partial charge in [0.25, 0.3) is 5.91 Å². The van der Waals surface area contributed by atoms with Crippen LogP contribution in [0.1, 0.15) is 63.8 Å². The van der Waals surface area contributed by atoms with Crippen LogP contribution in [-0.4, -0.2) is 41.1 Å². The van der Waals surface area contributed by atoms with E-state index in [1.54, 1.807) is 10.3 Å². The summed E-state index contributed by atoms with van der Waals surface area (Å²) in [6.45, 7) is 5.02. The minimum Gasteiger partial charge on any atom is -0.478 e. The third kappa shape index (κ3) is 6.69. The highest BCUT2D eigenvalue weighted by molar-refractivity contribution is 7.11. The maximum atomic E-state index is 13.5. The maximum absolute atomic E-state index is 13.5. The third-order valence-electron chi connectivity index (χ3n) is 5.62. The van der Waals surface area contributed by atoms with E-state index in [4.69, 9.17) is 4.74 Å². The van der Waals surface area contributed by atoms with E-state index in [9.17, 15) is 23.9 Å². The number of carboxylic acid groups (broad SMARTS) is 1. The van der Waals surface area contributed by atoms with Crippen molar-refractivity contribution in [2.45, 2.75) is 39.2 Å². The molecule has 2 aromatic carbocycles. The molecule has 0 aliphatic carbocycles. The number of likely N-dealkylation sites (tertiary alicyclic amines) is 1. The number of thiophene rings is 1. The Morgan fingerprint density at radius 1 is 1.14 bits per heavy atom. The van der Waals surface area contributed by atoms with Gasteiger partial charge in [0, 0.05) is 34.8 Å². The molecule has 1 aliphatic heterocycles. The number of rotatable bonds is 6. The molecule has 1 atom stereocenters. The zero-order valence-electron chi connectivity index (χ0n) is 20.2. The summed E-state index contributed by atoms with van der Waals surface area (Å²) < 4.78 is 18.9. The van der Waals surface area contributed by atoms with Crippen LogP contribution in [0.25, 0.3) is 0 Å². The number of piperidine rings is 1. The van der Waals surface area contributed by atoms with Gasteiger partial charge in [0.15, 0.2) is 0 Å². The van der Waals surface area contributed by atoms with Crippen molar-refractivity contribution in [3.8, 4) is 0 Å². The summed E-state index contributed by atoms with van der Waals surface area (Å²) in [5.74, 6) is -2.52. The Kier molecular flexibility index (Phi) is 9.58. The Bertz CT molecular complexity index is 1200. The summed E-state index contributed by atoms with van der Waals surface area (Å²) >= 11 is 1.23. The molecule has 4 rings (SSSR count). The maximum Gasteiger partial charge on any atom is 0.410 e. The highest BCUT2D eigenvalue weighted by Crippen LogP contribution is 2.38. The number of carbonyl (C=O) groups is 3. The van der Waals surface area contributed by atoms with E-state index in [1.807, 2.05) is 44.2 Å². The molecule has 3 aromatic rings. The molecule has 36 heavy (non-hydrogen) atoms. The molecule has 0 saturated carbocycles. The van der Waals surface area contributed by atoms with E-state index in [2.05, 4.69) is 5.32 Å². The Morgan fingerprint density at radius 2 is 1.89 bits per heavy atom. The van der Waals surface area contributed by atoms with Crippen molar-refractivity contribution in [2.75, 3.05) is 18.4 Å². The monoisotopic (exact) mass is 512 g/mol. The van der Waals surface area contributed by atoms with Gasteiger partial charge in [-0.15, -0.1) is 11.3 Å². The lowest BCUT2D eigenvalue weighted by Crippen LogP contribution is -2.39. The van der Waals surface area contributed by atoms with Crippen LogP contribution in [-0.2, 0) is 11.3 Å². The summed E-state index contributed by atoms with van der Waals surface area (Å²) in [5, 5.41) is 14.0. The summed E-state index contributed by atoms with van der Waals surface area (Å²) in [6, 6.07) is 14.5. The van der Waals surface area contributed by atoms with E-state index in [-0.39, 0.29) is 29.3 Å². The number of hydrogen-bond acceptors (Lipinski definition) is 5. The van der Waals surface area contributed by atoms with Gasteiger partial charge in [-0.1, -0.05) is 50.2 Å². The summed E-state index contributed by atoms with van der Waals surface area (Å²) in [4.78, 5) is 39.4. The van der Waals surface area contributed by atoms with Gasteiger partial charge >= 0.3 is 12.1 Å². The van der Waals surface area contributed by atoms with Crippen molar-refractivity contribution >= 4 is 35.0 Å². The largest absolute Gasteiger partial charge is 0.478 e. The van der Waals surface area contributed by atoms with Crippen LogP contribution in [0.15, 0.2) is 60.0 Å². The number of benzene rings is 2. The lowest BCUT2D eigenvalue weighted by molar-refractivity contribution is 0.0695. The molecule has 2 heterocycles. The molecular weight excluding hydrogens is 483 g/mol. The standard InChI is InChI=1S/C25H23FN2O5S.C2H6/c26-19-10-4-8-17(12-19)23(29)27-20-15-34-22(21(20)24(30)31)18-9-5-11-28(13-18)25(32)33-14-16-6-2-1-3-7-16;1-2/h1-4,6-8,10,12,15,18H,5,9,11,13-14H2,(H,27,29)(H,30,31);1-2H3. The second-order valence-corrected chi connectivity index (χ2v) is 8.89. The first kappa shape index (κ1) is 26.9. The number of nitrogens with one attached hydrogen (secondary N) is 1. The van der Waals surface area contributed by atoms with Gasteiger partial charge in [0.2, 0.25) is 0 Å². The highest BCUT2D eigenvalue weighted by Gasteiger charge is 2.31. The number of halogens is 1. The molecule has 1 aromatic heterocycles. The molecule has 9 heteroatoms. The Labute approximate surface area is 213 Å². The second kappa shape index (κ2) is 12.8. The first-order valence-electron chi connectivity index (χ1n) is 11.8. The molecular formula is C27H29FN2O5S. The average Bonchev–Trinajstić information content (AvgIpc) is 3.33. The van der Waals surface area contributed by atoms with Crippen LogP contribution in [0.4, 0.5) is 14.9 Å². The highest BCUT2D eigenvalue weighted by atomic mass is 32.1. The zero-order chi connectivity index (χ0) is 26.1. The number of aromatic carboxylic acids is 1. The van der Waals surface area contributed by atoms with Gasteiger partial charge in [-0.2, -0.15) is 0 Å². The van der Waals surface area contributed by atoms with E-state index in [0.29, 0.717) is 30.8 Å². The van der Waals surface area contributed by atoms with Crippen molar-refractivity contribution in [3.05, 3.63) is 87.4 Å². The van der Waals surface area contributed by atoms with Gasteiger partial charge in [-0.05, 0) is 36.6 Å². The van der Waals surface area contributed by atoms with Crippen molar-refractivity contribution in [2.24, 2.45) is 0 Å². The van der Waals surface area contributed by atoms with Gasteiger partial charge in [-0.25, -0.2) is 14.0 Å². The number of anilines is 1. The van der Waals surface area contributed by atoms with Crippen molar-refractivity contribution in [3.63, 3.8) is 0 Å². The fourth-order valence-electron chi connectivity index (χ4n) is 3.98. The molecule has 2 N–H and O–H groups in total.